The number of aromatic nitrogens is 1. The number of rotatable bonds is 6. The van der Waals surface area contributed by atoms with Crippen molar-refractivity contribution in [3.63, 3.8) is 0 Å². The summed E-state index contributed by atoms with van der Waals surface area (Å²) in [7, 11) is 0. The van der Waals surface area contributed by atoms with Crippen LogP contribution in [0, 0.1) is 11.3 Å². The summed E-state index contributed by atoms with van der Waals surface area (Å²) in [5, 5.41) is 14.4. The Hall–Kier alpha value is -3.06. The molecule has 0 saturated carbocycles. The highest BCUT2D eigenvalue weighted by Gasteiger charge is 2.10. The Bertz CT molecular complexity index is 934. The number of fused-ring (bicyclic) bond motifs is 1. The van der Waals surface area contributed by atoms with Gasteiger partial charge in [0.25, 0.3) is 0 Å². The first-order valence-corrected chi connectivity index (χ1v) is 8.47. The normalized spacial score (nSPS) is 12.4. The van der Waals surface area contributed by atoms with Gasteiger partial charge in [0, 0.05) is 34.3 Å². The first-order chi connectivity index (χ1) is 12.2. The van der Waals surface area contributed by atoms with E-state index in [4.69, 9.17) is 10.1 Å². The second kappa shape index (κ2) is 7.67. The van der Waals surface area contributed by atoms with Gasteiger partial charge in [-0.2, -0.15) is 5.26 Å². The molecule has 0 aliphatic carbocycles. The van der Waals surface area contributed by atoms with Crippen molar-refractivity contribution in [2.45, 2.75) is 32.9 Å². The Morgan fingerprint density at radius 2 is 1.96 bits per heavy atom. The SMILES string of the molecule is CC[C@H](C)n1cc(/C=N\OCc2ccccc2C#N)c2ccccc21. The molecule has 0 saturated heterocycles. The number of nitrogens with zero attached hydrogens (tertiary/aromatic N) is 3. The maximum absolute atomic E-state index is 9.10. The molecule has 1 aromatic heterocycles. The van der Waals surface area contributed by atoms with Crippen LogP contribution in [0.3, 0.4) is 0 Å². The molecule has 0 aliphatic heterocycles. The van der Waals surface area contributed by atoms with Gasteiger partial charge in [-0.25, -0.2) is 0 Å². The summed E-state index contributed by atoms with van der Waals surface area (Å²) in [6, 6.07) is 18.3. The van der Waals surface area contributed by atoms with Gasteiger partial charge >= 0.3 is 0 Å². The number of oxime groups is 1. The molecule has 3 rings (SSSR count). The first kappa shape index (κ1) is 16.8. The smallest absolute Gasteiger partial charge is 0.143 e. The van der Waals surface area contributed by atoms with Crippen LogP contribution in [0.25, 0.3) is 10.9 Å². The number of benzene rings is 2. The van der Waals surface area contributed by atoms with Crippen LogP contribution < -0.4 is 0 Å². The largest absolute Gasteiger partial charge is 0.391 e. The van der Waals surface area contributed by atoms with Crippen molar-refractivity contribution in [1.82, 2.24) is 4.57 Å². The van der Waals surface area contributed by atoms with E-state index in [1.807, 2.05) is 24.3 Å². The predicted molar refractivity (Wildman–Crippen MR) is 100 cm³/mol. The van der Waals surface area contributed by atoms with Gasteiger partial charge in [0.2, 0.25) is 0 Å². The monoisotopic (exact) mass is 331 g/mol. The van der Waals surface area contributed by atoms with Crippen LogP contribution in [0.1, 0.15) is 43.0 Å². The van der Waals surface area contributed by atoms with E-state index in [1.165, 1.54) is 5.52 Å². The minimum atomic E-state index is 0.282. The average Bonchev–Trinajstić information content (AvgIpc) is 3.04. The zero-order valence-electron chi connectivity index (χ0n) is 14.5. The fraction of sp³-hybridized carbons (Fsp3) is 0.238. The van der Waals surface area contributed by atoms with E-state index in [0.717, 1.165) is 22.9 Å². The predicted octanol–water partition coefficient (Wildman–Crippen LogP) is 5.03. The lowest BCUT2D eigenvalue weighted by atomic mass is 10.1. The molecule has 2 aromatic carbocycles. The van der Waals surface area contributed by atoms with Gasteiger partial charge in [-0.1, -0.05) is 48.5 Å². The third-order valence-electron chi connectivity index (χ3n) is 4.46. The summed E-state index contributed by atoms with van der Waals surface area (Å²) >= 11 is 0. The van der Waals surface area contributed by atoms with Crippen LogP contribution >= 0.6 is 0 Å². The van der Waals surface area contributed by atoms with Crippen LogP contribution in [0.15, 0.2) is 59.9 Å². The third kappa shape index (κ3) is 3.56. The second-order valence-electron chi connectivity index (χ2n) is 6.04. The summed E-state index contributed by atoms with van der Waals surface area (Å²) in [4.78, 5) is 5.42. The zero-order valence-corrected chi connectivity index (χ0v) is 14.5. The molecule has 4 nitrogen and oxygen atoms in total. The molecule has 0 bridgehead atoms. The fourth-order valence-electron chi connectivity index (χ4n) is 2.85. The van der Waals surface area contributed by atoms with Crippen molar-refractivity contribution in [2.75, 3.05) is 0 Å². The molecule has 0 N–H and O–H groups in total. The van der Waals surface area contributed by atoms with Crippen molar-refractivity contribution >= 4 is 17.1 Å². The molecule has 126 valence electrons. The Morgan fingerprint density at radius 3 is 2.76 bits per heavy atom. The number of nitriles is 1. The molecule has 0 spiro atoms. The third-order valence-corrected chi connectivity index (χ3v) is 4.46. The van der Waals surface area contributed by atoms with Gasteiger partial charge < -0.3 is 9.40 Å². The Labute approximate surface area is 147 Å². The van der Waals surface area contributed by atoms with E-state index in [-0.39, 0.29) is 6.61 Å². The number of para-hydroxylation sites is 1. The minimum Gasteiger partial charge on any atom is -0.391 e. The molecule has 0 radical (unpaired) electrons. The molecule has 0 aliphatic rings. The van der Waals surface area contributed by atoms with E-state index in [2.05, 4.69) is 54.0 Å². The highest BCUT2D eigenvalue weighted by Crippen LogP contribution is 2.25. The second-order valence-corrected chi connectivity index (χ2v) is 6.04. The van der Waals surface area contributed by atoms with Crippen LogP contribution in [-0.4, -0.2) is 10.8 Å². The maximum atomic E-state index is 9.10. The molecule has 1 heterocycles. The van der Waals surface area contributed by atoms with Gasteiger partial charge in [0.1, 0.15) is 6.61 Å². The molecular formula is C21H21N3O. The van der Waals surface area contributed by atoms with Gasteiger partial charge in [0.15, 0.2) is 0 Å². The molecule has 3 aromatic rings. The topological polar surface area (TPSA) is 50.3 Å². The van der Waals surface area contributed by atoms with Crippen molar-refractivity contribution in [3.05, 3.63) is 71.4 Å². The lowest BCUT2D eigenvalue weighted by molar-refractivity contribution is 0.132. The standard InChI is InChI=1S/C21H21N3O/c1-3-16(2)24-14-19(20-10-6-7-11-21(20)24)13-23-25-15-18-9-5-4-8-17(18)12-22/h4-11,13-14,16H,3,15H2,1-2H3/b23-13-/t16-/m0/s1. The number of hydrogen-bond donors (Lipinski definition) is 0. The Kier molecular flexibility index (Phi) is 5.15. The highest BCUT2D eigenvalue weighted by molar-refractivity contribution is 5.99. The summed E-state index contributed by atoms with van der Waals surface area (Å²) in [6.45, 7) is 4.68. The zero-order chi connectivity index (χ0) is 17.6. The highest BCUT2D eigenvalue weighted by atomic mass is 16.6. The van der Waals surface area contributed by atoms with E-state index in [1.54, 1.807) is 12.3 Å². The van der Waals surface area contributed by atoms with Gasteiger partial charge in [-0.15, -0.1) is 0 Å². The summed E-state index contributed by atoms with van der Waals surface area (Å²) in [5.74, 6) is 0. The first-order valence-electron chi connectivity index (χ1n) is 8.47. The molecule has 1 atom stereocenters. The van der Waals surface area contributed by atoms with Gasteiger partial charge in [-0.05, 0) is 25.5 Å². The Balaban J connectivity index is 1.79. The van der Waals surface area contributed by atoms with E-state index in [9.17, 15) is 0 Å². The van der Waals surface area contributed by atoms with E-state index in [0.29, 0.717) is 11.6 Å². The van der Waals surface area contributed by atoms with Crippen molar-refractivity contribution in [2.24, 2.45) is 5.16 Å². The van der Waals surface area contributed by atoms with Gasteiger partial charge in [-0.3, -0.25) is 0 Å². The van der Waals surface area contributed by atoms with Crippen LogP contribution in [0.5, 0.6) is 0 Å². The van der Waals surface area contributed by atoms with E-state index >= 15 is 0 Å². The fourth-order valence-corrected chi connectivity index (χ4v) is 2.85. The van der Waals surface area contributed by atoms with E-state index < -0.39 is 0 Å². The summed E-state index contributed by atoms with van der Waals surface area (Å²) in [6.07, 6.45) is 4.93. The summed E-state index contributed by atoms with van der Waals surface area (Å²) < 4.78 is 2.28. The Morgan fingerprint density at radius 1 is 1.20 bits per heavy atom. The average molecular weight is 331 g/mol. The lowest BCUT2D eigenvalue weighted by Crippen LogP contribution is -2.01. The molecule has 25 heavy (non-hydrogen) atoms. The van der Waals surface area contributed by atoms with Crippen LogP contribution in [-0.2, 0) is 11.4 Å². The molecule has 0 amide bonds. The lowest BCUT2D eigenvalue weighted by Gasteiger charge is -2.12. The van der Waals surface area contributed by atoms with Crippen molar-refractivity contribution in [1.29, 1.82) is 5.26 Å². The maximum Gasteiger partial charge on any atom is 0.143 e. The quantitative estimate of drug-likeness (QED) is 0.469. The van der Waals surface area contributed by atoms with Crippen LogP contribution in [0.4, 0.5) is 0 Å². The van der Waals surface area contributed by atoms with Crippen molar-refractivity contribution in [3.8, 4) is 6.07 Å². The molecule has 0 fully saturated rings. The summed E-state index contributed by atoms with van der Waals surface area (Å²) in [5.41, 5.74) is 3.69. The van der Waals surface area contributed by atoms with Crippen LogP contribution in [0.2, 0.25) is 0 Å². The molecular weight excluding hydrogens is 310 g/mol. The molecule has 4 heteroatoms. The number of hydrogen-bond acceptors (Lipinski definition) is 3. The van der Waals surface area contributed by atoms with Gasteiger partial charge in [0.05, 0.1) is 17.8 Å². The minimum absolute atomic E-state index is 0.282. The molecule has 0 unspecified atom stereocenters. The van der Waals surface area contributed by atoms with Crippen molar-refractivity contribution < 1.29 is 4.84 Å².